The molecule has 0 fully saturated rings. The maximum absolute atomic E-state index is 11.0. The van der Waals surface area contributed by atoms with Gasteiger partial charge in [0.1, 0.15) is 18.2 Å². The maximum atomic E-state index is 11.0. The van der Waals surface area contributed by atoms with Crippen LogP contribution in [-0.2, 0) is 9.53 Å². The molecule has 0 spiro atoms. The SMILES string of the molecule is CCOC(=O)CNc1cc(=O)[nH]c(C)n1. The zero-order chi connectivity index (χ0) is 11.3. The number of carbonyl (C=O) groups is 1. The number of carbonyl (C=O) groups excluding carboxylic acids is 1. The summed E-state index contributed by atoms with van der Waals surface area (Å²) in [7, 11) is 0. The molecule has 82 valence electrons. The number of hydrogen-bond donors (Lipinski definition) is 2. The van der Waals surface area contributed by atoms with Crippen molar-refractivity contribution in [1.29, 1.82) is 0 Å². The molecule has 1 aromatic rings. The topological polar surface area (TPSA) is 84.1 Å². The Balaban J connectivity index is 2.58. The van der Waals surface area contributed by atoms with Crippen molar-refractivity contribution in [2.75, 3.05) is 18.5 Å². The van der Waals surface area contributed by atoms with E-state index in [4.69, 9.17) is 4.74 Å². The Hall–Kier alpha value is -1.85. The fraction of sp³-hybridized carbons (Fsp3) is 0.444. The molecule has 0 aliphatic carbocycles. The molecule has 1 heterocycles. The second kappa shape index (κ2) is 5.14. The van der Waals surface area contributed by atoms with Crippen LogP contribution in [0, 0.1) is 6.92 Å². The van der Waals surface area contributed by atoms with Gasteiger partial charge in [0.15, 0.2) is 0 Å². The van der Waals surface area contributed by atoms with E-state index in [1.807, 2.05) is 0 Å². The van der Waals surface area contributed by atoms with Crippen molar-refractivity contribution in [1.82, 2.24) is 9.97 Å². The smallest absolute Gasteiger partial charge is 0.325 e. The lowest BCUT2D eigenvalue weighted by molar-refractivity contribution is -0.140. The molecule has 0 saturated heterocycles. The van der Waals surface area contributed by atoms with Gasteiger partial charge in [-0.1, -0.05) is 0 Å². The fourth-order valence-corrected chi connectivity index (χ4v) is 1.04. The van der Waals surface area contributed by atoms with Crippen molar-refractivity contribution >= 4 is 11.8 Å². The molecule has 1 aromatic heterocycles. The van der Waals surface area contributed by atoms with E-state index in [2.05, 4.69) is 15.3 Å². The summed E-state index contributed by atoms with van der Waals surface area (Å²) in [6, 6.07) is 1.28. The van der Waals surface area contributed by atoms with Gasteiger partial charge in [0, 0.05) is 6.07 Å². The van der Waals surface area contributed by atoms with Gasteiger partial charge in [0.2, 0.25) is 0 Å². The highest BCUT2D eigenvalue weighted by Crippen LogP contribution is 1.97. The first-order valence-corrected chi connectivity index (χ1v) is 4.59. The first-order chi connectivity index (χ1) is 7.11. The van der Waals surface area contributed by atoms with E-state index in [0.717, 1.165) is 0 Å². The molecule has 0 unspecified atom stereocenters. The number of H-pyrrole nitrogens is 1. The molecule has 6 heteroatoms. The minimum atomic E-state index is -0.378. The second-order valence-corrected chi connectivity index (χ2v) is 2.87. The standard InChI is InChI=1S/C9H13N3O3/c1-3-15-9(14)5-10-7-4-8(13)12-6(2)11-7/h4H,3,5H2,1-2H3,(H2,10,11,12,13). The summed E-state index contributed by atoms with van der Waals surface area (Å²) in [6.45, 7) is 3.73. The monoisotopic (exact) mass is 211 g/mol. The molecule has 6 nitrogen and oxygen atoms in total. The number of aryl methyl sites for hydroxylation is 1. The number of rotatable bonds is 4. The minimum Gasteiger partial charge on any atom is -0.465 e. The third-order valence-corrected chi connectivity index (χ3v) is 1.58. The molecule has 0 aliphatic rings. The Morgan fingerprint density at radius 2 is 2.40 bits per heavy atom. The van der Waals surface area contributed by atoms with Crippen LogP contribution in [0.3, 0.4) is 0 Å². The minimum absolute atomic E-state index is 0.00370. The number of aromatic nitrogens is 2. The highest BCUT2D eigenvalue weighted by molar-refractivity contribution is 5.74. The summed E-state index contributed by atoms with van der Waals surface area (Å²) in [5.74, 6) is 0.482. The third kappa shape index (κ3) is 3.80. The number of nitrogens with zero attached hydrogens (tertiary/aromatic N) is 1. The van der Waals surface area contributed by atoms with Crippen LogP contribution in [-0.4, -0.2) is 29.1 Å². The first-order valence-electron chi connectivity index (χ1n) is 4.59. The largest absolute Gasteiger partial charge is 0.465 e. The van der Waals surface area contributed by atoms with E-state index in [1.165, 1.54) is 6.07 Å². The van der Waals surface area contributed by atoms with Gasteiger partial charge in [-0.15, -0.1) is 0 Å². The van der Waals surface area contributed by atoms with Crippen molar-refractivity contribution in [2.24, 2.45) is 0 Å². The summed E-state index contributed by atoms with van der Waals surface area (Å²) in [5, 5.41) is 2.71. The predicted octanol–water partition coefficient (Wildman–Crippen LogP) is 0.0533. The van der Waals surface area contributed by atoms with E-state index in [-0.39, 0.29) is 18.1 Å². The zero-order valence-electron chi connectivity index (χ0n) is 8.66. The molecular formula is C9H13N3O3. The number of anilines is 1. The Kier molecular flexibility index (Phi) is 3.84. The van der Waals surface area contributed by atoms with Crippen molar-refractivity contribution in [3.8, 4) is 0 Å². The van der Waals surface area contributed by atoms with Crippen LogP contribution in [0.25, 0.3) is 0 Å². The Morgan fingerprint density at radius 3 is 3.00 bits per heavy atom. The summed E-state index contributed by atoms with van der Waals surface area (Å²) >= 11 is 0. The van der Waals surface area contributed by atoms with Gasteiger partial charge >= 0.3 is 5.97 Å². The van der Waals surface area contributed by atoms with E-state index < -0.39 is 0 Å². The van der Waals surface area contributed by atoms with Crippen molar-refractivity contribution in [3.05, 3.63) is 22.2 Å². The Morgan fingerprint density at radius 1 is 1.67 bits per heavy atom. The molecular weight excluding hydrogens is 198 g/mol. The molecule has 0 amide bonds. The van der Waals surface area contributed by atoms with E-state index in [9.17, 15) is 9.59 Å². The average Bonchev–Trinajstić information content (AvgIpc) is 2.14. The maximum Gasteiger partial charge on any atom is 0.325 e. The van der Waals surface area contributed by atoms with Crippen molar-refractivity contribution in [3.63, 3.8) is 0 Å². The molecule has 0 radical (unpaired) electrons. The van der Waals surface area contributed by atoms with E-state index in [1.54, 1.807) is 13.8 Å². The highest BCUT2D eigenvalue weighted by atomic mass is 16.5. The number of esters is 1. The van der Waals surface area contributed by atoms with Crippen molar-refractivity contribution in [2.45, 2.75) is 13.8 Å². The number of hydrogen-bond acceptors (Lipinski definition) is 5. The van der Waals surface area contributed by atoms with E-state index in [0.29, 0.717) is 18.2 Å². The number of nitrogens with one attached hydrogen (secondary N) is 2. The lowest BCUT2D eigenvalue weighted by atomic mass is 10.5. The molecule has 2 N–H and O–H groups in total. The van der Waals surface area contributed by atoms with Crippen LogP contribution >= 0.6 is 0 Å². The normalized spacial score (nSPS) is 9.73. The van der Waals surface area contributed by atoms with Gasteiger partial charge < -0.3 is 15.0 Å². The van der Waals surface area contributed by atoms with Gasteiger partial charge in [-0.25, -0.2) is 4.98 Å². The van der Waals surface area contributed by atoms with Gasteiger partial charge in [-0.3, -0.25) is 9.59 Å². The lowest BCUT2D eigenvalue weighted by Gasteiger charge is -2.04. The predicted molar refractivity (Wildman–Crippen MR) is 54.7 cm³/mol. The third-order valence-electron chi connectivity index (χ3n) is 1.58. The highest BCUT2D eigenvalue weighted by Gasteiger charge is 2.02. The van der Waals surface area contributed by atoms with Crippen LogP contribution in [0.1, 0.15) is 12.7 Å². The lowest BCUT2D eigenvalue weighted by Crippen LogP contribution is -2.19. The van der Waals surface area contributed by atoms with E-state index >= 15 is 0 Å². The van der Waals surface area contributed by atoms with Crippen LogP contribution in [0.5, 0.6) is 0 Å². The van der Waals surface area contributed by atoms with Gasteiger partial charge in [-0.2, -0.15) is 0 Å². The zero-order valence-corrected chi connectivity index (χ0v) is 8.66. The Labute approximate surface area is 86.7 Å². The molecule has 1 rings (SSSR count). The quantitative estimate of drug-likeness (QED) is 0.687. The van der Waals surface area contributed by atoms with Crippen LogP contribution in [0.2, 0.25) is 0 Å². The summed E-state index contributed by atoms with van der Waals surface area (Å²) < 4.78 is 4.71. The van der Waals surface area contributed by atoms with Crippen LogP contribution < -0.4 is 10.9 Å². The average molecular weight is 211 g/mol. The summed E-state index contributed by atoms with van der Waals surface area (Å²) in [6.07, 6.45) is 0. The molecule has 0 aromatic carbocycles. The second-order valence-electron chi connectivity index (χ2n) is 2.87. The number of ether oxygens (including phenoxy) is 1. The number of aromatic amines is 1. The first kappa shape index (κ1) is 11.2. The van der Waals surface area contributed by atoms with Crippen LogP contribution in [0.15, 0.2) is 10.9 Å². The molecule has 0 aliphatic heterocycles. The van der Waals surface area contributed by atoms with Gasteiger partial charge in [0.05, 0.1) is 6.61 Å². The summed E-state index contributed by atoms with van der Waals surface area (Å²) in [5.41, 5.74) is -0.256. The van der Waals surface area contributed by atoms with Crippen LogP contribution in [0.4, 0.5) is 5.82 Å². The molecule has 0 saturated carbocycles. The van der Waals surface area contributed by atoms with Gasteiger partial charge in [-0.05, 0) is 13.8 Å². The Bertz CT molecular complexity index is 400. The molecule has 0 bridgehead atoms. The van der Waals surface area contributed by atoms with Gasteiger partial charge in [0.25, 0.3) is 5.56 Å². The molecule has 15 heavy (non-hydrogen) atoms. The fourth-order valence-electron chi connectivity index (χ4n) is 1.04. The molecule has 0 atom stereocenters. The van der Waals surface area contributed by atoms with Crippen molar-refractivity contribution < 1.29 is 9.53 Å². The summed E-state index contributed by atoms with van der Waals surface area (Å²) in [4.78, 5) is 28.5.